The van der Waals surface area contributed by atoms with Crippen molar-refractivity contribution in [2.45, 2.75) is 25.4 Å². The summed E-state index contributed by atoms with van der Waals surface area (Å²) in [4.78, 5) is 5.26. The van der Waals surface area contributed by atoms with Gasteiger partial charge in [0.1, 0.15) is 0 Å². The monoisotopic (exact) mass is 342 g/mol. The Morgan fingerprint density at radius 1 is 1.41 bits per heavy atom. The highest BCUT2D eigenvalue weighted by molar-refractivity contribution is 14.1. The van der Waals surface area contributed by atoms with Crippen LogP contribution in [-0.4, -0.2) is 24.0 Å². The Hall–Kier alpha value is -0.780. The summed E-state index contributed by atoms with van der Waals surface area (Å²) >= 11 is 2.31. The molecule has 4 nitrogen and oxygen atoms in total. The van der Waals surface area contributed by atoms with Gasteiger partial charge in [-0.05, 0) is 65.2 Å². The SMILES string of the molecule is [N-]=[N+]=NC[C@@H]1CCCN1Cc1ccc(I)cc1. The van der Waals surface area contributed by atoms with E-state index in [1.54, 1.807) is 0 Å². The Kier molecular flexibility index (Phi) is 4.65. The van der Waals surface area contributed by atoms with E-state index in [-0.39, 0.29) is 0 Å². The normalized spacial score (nSPS) is 20.2. The summed E-state index contributed by atoms with van der Waals surface area (Å²) in [5, 5.41) is 3.70. The zero-order valence-corrected chi connectivity index (χ0v) is 11.7. The summed E-state index contributed by atoms with van der Waals surface area (Å²) in [6.45, 7) is 2.67. The molecular formula is C12H15IN4. The first-order chi connectivity index (χ1) is 8.29. The van der Waals surface area contributed by atoms with Gasteiger partial charge in [0.15, 0.2) is 0 Å². The van der Waals surface area contributed by atoms with Crippen LogP contribution in [0.3, 0.4) is 0 Å². The van der Waals surface area contributed by atoms with Crippen LogP contribution in [0.1, 0.15) is 18.4 Å². The summed E-state index contributed by atoms with van der Waals surface area (Å²) in [5.74, 6) is 0. The van der Waals surface area contributed by atoms with Crippen molar-refractivity contribution in [3.63, 3.8) is 0 Å². The van der Waals surface area contributed by atoms with Crippen molar-refractivity contribution >= 4 is 22.6 Å². The van der Waals surface area contributed by atoms with E-state index in [1.165, 1.54) is 15.6 Å². The predicted octanol–water partition coefficient (Wildman–Crippen LogP) is 3.57. The third kappa shape index (κ3) is 3.59. The van der Waals surface area contributed by atoms with Gasteiger partial charge < -0.3 is 0 Å². The summed E-state index contributed by atoms with van der Waals surface area (Å²) < 4.78 is 1.26. The van der Waals surface area contributed by atoms with Crippen molar-refractivity contribution in [2.75, 3.05) is 13.1 Å². The van der Waals surface area contributed by atoms with Gasteiger partial charge in [0, 0.05) is 27.6 Å². The Bertz CT molecular complexity index is 411. The van der Waals surface area contributed by atoms with Crippen LogP contribution in [0.15, 0.2) is 29.4 Å². The van der Waals surface area contributed by atoms with Crippen LogP contribution in [0, 0.1) is 3.57 Å². The summed E-state index contributed by atoms with van der Waals surface area (Å²) in [5.41, 5.74) is 9.70. The van der Waals surface area contributed by atoms with Crippen LogP contribution in [0.2, 0.25) is 0 Å². The maximum Gasteiger partial charge on any atom is 0.0414 e. The van der Waals surface area contributed by atoms with E-state index in [0.717, 1.165) is 19.5 Å². The molecule has 0 N–H and O–H groups in total. The highest BCUT2D eigenvalue weighted by Gasteiger charge is 2.23. The van der Waals surface area contributed by atoms with Gasteiger partial charge in [0.05, 0.1) is 0 Å². The first-order valence-corrected chi connectivity index (χ1v) is 6.87. The Balaban J connectivity index is 1.97. The molecule has 1 saturated heterocycles. The molecular weight excluding hydrogens is 327 g/mol. The minimum Gasteiger partial charge on any atom is -0.296 e. The van der Waals surface area contributed by atoms with Crippen LogP contribution < -0.4 is 0 Å². The molecule has 0 unspecified atom stereocenters. The Morgan fingerprint density at radius 2 is 2.18 bits per heavy atom. The first-order valence-electron chi connectivity index (χ1n) is 5.79. The third-order valence-electron chi connectivity index (χ3n) is 3.15. The van der Waals surface area contributed by atoms with E-state index >= 15 is 0 Å². The molecule has 1 aromatic rings. The number of nitrogens with zero attached hydrogens (tertiary/aromatic N) is 4. The largest absolute Gasteiger partial charge is 0.296 e. The van der Waals surface area contributed by atoms with Crippen molar-refractivity contribution < 1.29 is 0 Å². The molecule has 1 fully saturated rings. The number of rotatable bonds is 4. The van der Waals surface area contributed by atoms with Crippen molar-refractivity contribution in [3.8, 4) is 0 Å². The van der Waals surface area contributed by atoms with E-state index in [0.29, 0.717) is 12.6 Å². The first kappa shape index (κ1) is 12.7. The fraction of sp³-hybridized carbons (Fsp3) is 0.500. The Labute approximate surface area is 115 Å². The molecule has 0 radical (unpaired) electrons. The predicted molar refractivity (Wildman–Crippen MR) is 76.6 cm³/mol. The van der Waals surface area contributed by atoms with Gasteiger partial charge in [-0.15, -0.1) is 0 Å². The van der Waals surface area contributed by atoms with E-state index in [9.17, 15) is 0 Å². The van der Waals surface area contributed by atoms with Gasteiger partial charge in [0.25, 0.3) is 0 Å². The topological polar surface area (TPSA) is 52.0 Å². The number of benzene rings is 1. The second kappa shape index (κ2) is 6.23. The van der Waals surface area contributed by atoms with Crippen LogP contribution >= 0.6 is 22.6 Å². The Morgan fingerprint density at radius 3 is 2.88 bits per heavy atom. The lowest BCUT2D eigenvalue weighted by Gasteiger charge is -2.23. The van der Waals surface area contributed by atoms with Gasteiger partial charge in [-0.25, -0.2) is 0 Å². The molecule has 0 aromatic heterocycles. The smallest absolute Gasteiger partial charge is 0.0414 e. The molecule has 0 amide bonds. The van der Waals surface area contributed by atoms with Crippen LogP contribution in [-0.2, 0) is 6.54 Å². The third-order valence-corrected chi connectivity index (χ3v) is 3.87. The van der Waals surface area contributed by atoms with Gasteiger partial charge in [-0.3, -0.25) is 4.90 Å². The lowest BCUT2D eigenvalue weighted by atomic mass is 10.2. The zero-order valence-electron chi connectivity index (χ0n) is 9.59. The minimum atomic E-state index is 0.421. The zero-order chi connectivity index (χ0) is 12.1. The highest BCUT2D eigenvalue weighted by atomic mass is 127. The average Bonchev–Trinajstić information content (AvgIpc) is 2.77. The van der Waals surface area contributed by atoms with Crippen molar-refractivity contribution in [1.29, 1.82) is 0 Å². The van der Waals surface area contributed by atoms with Crippen LogP contribution in [0.25, 0.3) is 10.4 Å². The molecule has 1 aromatic carbocycles. The van der Waals surface area contributed by atoms with Crippen molar-refractivity contribution in [2.24, 2.45) is 5.11 Å². The molecule has 0 bridgehead atoms. The number of likely N-dealkylation sites (tertiary alicyclic amines) is 1. The van der Waals surface area contributed by atoms with Crippen molar-refractivity contribution in [3.05, 3.63) is 43.8 Å². The molecule has 0 spiro atoms. The summed E-state index contributed by atoms with van der Waals surface area (Å²) in [6, 6.07) is 9.03. The fourth-order valence-electron chi connectivity index (χ4n) is 2.27. The van der Waals surface area contributed by atoms with Crippen LogP contribution in [0.4, 0.5) is 0 Å². The molecule has 0 aliphatic carbocycles. The van der Waals surface area contributed by atoms with E-state index in [1.807, 2.05) is 0 Å². The number of azide groups is 1. The fourth-order valence-corrected chi connectivity index (χ4v) is 2.62. The number of halogens is 1. The van der Waals surface area contributed by atoms with Gasteiger partial charge >= 0.3 is 0 Å². The van der Waals surface area contributed by atoms with Gasteiger partial charge in [-0.1, -0.05) is 17.2 Å². The van der Waals surface area contributed by atoms with Crippen molar-refractivity contribution in [1.82, 2.24) is 4.90 Å². The maximum atomic E-state index is 8.37. The maximum absolute atomic E-state index is 8.37. The van der Waals surface area contributed by atoms with E-state index < -0.39 is 0 Å². The molecule has 1 aliphatic heterocycles. The number of hydrogen-bond donors (Lipinski definition) is 0. The molecule has 5 heteroatoms. The second-order valence-corrected chi connectivity index (χ2v) is 5.55. The average molecular weight is 342 g/mol. The van der Waals surface area contributed by atoms with E-state index in [4.69, 9.17) is 5.53 Å². The standard InChI is InChI=1S/C12H15IN4/c13-11-5-3-10(4-6-11)9-17-7-1-2-12(17)8-15-16-14/h3-6,12H,1-2,7-9H2/t12-/m0/s1. The molecule has 1 aliphatic rings. The lowest BCUT2D eigenvalue weighted by Crippen LogP contribution is -2.30. The molecule has 1 atom stereocenters. The molecule has 2 rings (SSSR count). The molecule has 90 valence electrons. The van der Waals surface area contributed by atoms with E-state index in [2.05, 4.69) is 61.8 Å². The lowest BCUT2D eigenvalue weighted by molar-refractivity contribution is 0.250. The second-order valence-electron chi connectivity index (χ2n) is 4.31. The molecule has 1 heterocycles. The van der Waals surface area contributed by atoms with Gasteiger partial charge in [-0.2, -0.15) is 0 Å². The van der Waals surface area contributed by atoms with Gasteiger partial charge in [0.2, 0.25) is 0 Å². The summed E-state index contributed by atoms with van der Waals surface area (Å²) in [6.07, 6.45) is 2.35. The highest BCUT2D eigenvalue weighted by Crippen LogP contribution is 2.20. The van der Waals surface area contributed by atoms with Crippen LogP contribution in [0.5, 0.6) is 0 Å². The number of hydrogen-bond acceptors (Lipinski definition) is 2. The molecule has 17 heavy (non-hydrogen) atoms. The quantitative estimate of drug-likeness (QED) is 0.357. The minimum absolute atomic E-state index is 0.421. The molecule has 0 saturated carbocycles. The summed E-state index contributed by atoms with van der Waals surface area (Å²) in [7, 11) is 0.